The van der Waals surface area contributed by atoms with E-state index in [4.69, 9.17) is 0 Å². The van der Waals surface area contributed by atoms with Crippen LogP contribution in [0.4, 0.5) is 18.3 Å². The topological polar surface area (TPSA) is 75.2 Å². The number of likely N-dealkylation sites (tertiary alicyclic amines) is 1. The molecular weight excluding hydrogens is 449 g/mol. The fourth-order valence-electron chi connectivity index (χ4n) is 3.44. The molecule has 0 saturated carbocycles. The van der Waals surface area contributed by atoms with Gasteiger partial charge in [0.15, 0.2) is 5.13 Å². The molecule has 2 aromatic heterocycles. The van der Waals surface area contributed by atoms with Crippen LogP contribution >= 0.6 is 22.7 Å². The number of carbonyl (C=O) groups is 2. The summed E-state index contributed by atoms with van der Waals surface area (Å²) in [4.78, 5) is 34.9. The maximum Gasteiger partial charge on any atom is 0.417 e. The highest BCUT2D eigenvalue weighted by atomic mass is 32.1. The van der Waals surface area contributed by atoms with Crippen LogP contribution < -0.4 is 5.32 Å². The van der Waals surface area contributed by atoms with Crippen molar-refractivity contribution in [1.82, 2.24) is 14.9 Å². The van der Waals surface area contributed by atoms with E-state index in [2.05, 4.69) is 15.3 Å². The maximum atomic E-state index is 13.2. The van der Waals surface area contributed by atoms with Gasteiger partial charge in [-0.05, 0) is 25.0 Å². The zero-order chi connectivity index (χ0) is 22.0. The number of alkyl halides is 3. The molecule has 1 N–H and O–H groups in total. The second-order valence-corrected chi connectivity index (χ2v) is 8.76. The number of rotatable bonds is 4. The molecule has 1 saturated heterocycles. The van der Waals surface area contributed by atoms with Crippen molar-refractivity contribution in [2.75, 3.05) is 18.4 Å². The molecule has 0 radical (unpaired) electrons. The summed E-state index contributed by atoms with van der Waals surface area (Å²) in [5, 5.41) is 7.39. The Balaban J connectivity index is 1.39. The van der Waals surface area contributed by atoms with Crippen LogP contribution in [0.15, 0.2) is 41.2 Å². The number of thiazole rings is 2. The van der Waals surface area contributed by atoms with Crippen molar-refractivity contribution in [3.05, 3.63) is 63.1 Å². The summed E-state index contributed by atoms with van der Waals surface area (Å²) >= 11 is 2.68. The quantitative estimate of drug-likeness (QED) is 0.594. The van der Waals surface area contributed by atoms with Crippen LogP contribution in [-0.2, 0) is 6.18 Å². The van der Waals surface area contributed by atoms with Gasteiger partial charge in [-0.2, -0.15) is 13.2 Å². The van der Waals surface area contributed by atoms with Crippen LogP contribution in [0.2, 0.25) is 0 Å². The predicted molar refractivity (Wildman–Crippen MR) is 112 cm³/mol. The van der Waals surface area contributed by atoms with Crippen molar-refractivity contribution in [3.8, 4) is 0 Å². The number of hydrogen-bond acceptors (Lipinski definition) is 6. The molecule has 1 aliphatic rings. The highest BCUT2D eigenvalue weighted by molar-refractivity contribution is 7.13. The summed E-state index contributed by atoms with van der Waals surface area (Å²) in [6.45, 7) is 0.659. The van der Waals surface area contributed by atoms with Crippen LogP contribution in [-0.4, -0.2) is 39.8 Å². The Hall–Kier alpha value is -2.79. The second kappa shape index (κ2) is 8.75. The standard InChI is InChI=1S/C20H17F3N4O2S2/c21-20(22,23)14-4-2-1-3-13(14)18(29)27-8-5-12(6-9-27)17-25-15(11-31-17)16(28)26-19-24-7-10-30-19/h1-4,7,10-12H,5-6,8-9H2,(H,24,26,28). The summed E-state index contributed by atoms with van der Waals surface area (Å²) in [5.41, 5.74) is -0.949. The predicted octanol–water partition coefficient (Wildman–Crippen LogP) is 4.89. The third kappa shape index (κ3) is 4.77. The minimum atomic E-state index is -4.58. The van der Waals surface area contributed by atoms with Gasteiger partial charge >= 0.3 is 6.18 Å². The molecular formula is C20H17F3N4O2S2. The first-order valence-corrected chi connectivity index (χ1v) is 11.2. The number of piperidine rings is 1. The van der Waals surface area contributed by atoms with Crippen molar-refractivity contribution in [3.63, 3.8) is 0 Å². The van der Waals surface area contributed by atoms with E-state index in [9.17, 15) is 22.8 Å². The normalized spacial score (nSPS) is 15.1. The molecule has 0 spiro atoms. The molecule has 0 unspecified atom stereocenters. The van der Waals surface area contributed by atoms with E-state index in [1.54, 1.807) is 17.0 Å². The number of nitrogens with zero attached hydrogens (tertiary/aromatic N) is 3. The summed E-state index contributed by atoms with van der Waals surface area (Å²) in [6.07, 6.45) is -1.85. The van der Waals surface area contributed by atoms with Gasteiger partial charge in [0, 0.05) is 36.0 Å². The van der Waals surface area contributed by atoms with Gasteiger partial charge in [-0.25, -0.2) is 9.97 Å². The minimum absolute atomic E-state index is 0.0494. The fraction of sp³-hybridized carbons (Fsp3) is 0.300. The molecule has 1 fully saturated rings. The van der Waals surface area contributed by atoms with Gasteiger partial charge < -0.3 is 4.90 Å². The van der Waals surface area contributed by atoms with E-state index in [0.29, 0.717) is 36.8 Å². The van der Waals surface area contributed by atoms with E-state index < -0.39 is 17.6 Å². The third-order valence-corrected chi connectivity index (χ3v) is 6.70. The molecule has 0 bridgehead atoms. The number of hydrogen-bond donors (Lipinski definition) is 1. The molecule has 3 heterocycles. The van der Waals surface area contributed by atoms with Crippen molar-refractivity contribution < 1.29 is 22.8 Å². The van der Waals surface area contributed by atoms with Crippen LogP contribution in [0.3, 0.4) is 0 Å². The molecule has 1 aliphatic heterocycles. The molecule has 31 heavy (non-hydrogen) atoms. The van der Waals surface area contributed by atoms with E-state index in [1.165, 1.54) is 45.8 Å². The number of halogens is 3. The highest BCUT2D eigenvalue weighted by Crippen LogP contribution is 2.34. The first kappa shape index (κ1) is 21.4. The van der Waals surface area contributed by atoms with Gasteiger partial charge in [0.2, 0.25) is 0 Å². The van der Waals surface area contributed by atoms with E-state index in [-0.39, 0.29) is 17.4 Å². The lowest BCUT2D eigenvalue weighted by atomic mass is 9.96. The zero-order valence-electron chi connectivity index (χ0n) is 16.1. The first-order valence-electron chi connectivity index (χ1n) is 9.44. The molecule has 2 amide bonds. The Labute approximate surface area is 183 Å². The lowest BCUT2D eigenvalue weighted by Gasteiger charge is -2.31. The maximum absolute atomic E-state index is 13.2. The Kier molecular flexibility index (Phi) is 6.05. The molecule has 0 aliphatic carbocycles. The Morgan fingerprint density at radius 2 is 1.87 bits per heavy atom. The van der Waals surface area contributed by atoms with E-state index in [1.807, 2.05) is 0 Å². The molecule has 3 aromatic rings. The number of carbonyl (C=O) groups excluding carboxylic acids is 2. The smallest absolute Gasteiger partial charge is 0.339 e. The molecule has 6 nitrogen and oxygen atoms in total. The largest absolute Gasteiger partial charge is 0.417 e. The number of aromatic nitrogens is 2. The SMILES string of the molecule is O=C(Nc1nccs1)c1csc(C2CCN(C(=O)c3ccccc3C(F)(F)F)CC2)n1. The number of amides is 2. The summed E-state index contributed by atoms with van der Waals surface area (Å²) in [5.74, 6) is -0.906. The number of nitrogens with one attached hydrogen (secondary N) is 1. The molecule has 11 heteroatoms. The lowest BCUT2D eigenvalue weighted by molar-refractivity contribution is -0.138. The average Bonchev–Trinajstić information content (AvgIpc) is 3.45. The van der Waals surface area contributed by atoms with Crippen molar-refractivity contribution >= 4 is 39.6 Å². The average molecular weight is 467 g/mol. The van der Waals surface area contributed by atoms with E-state index in [0.717, 1.165) is 11.1 Å². The van der Waals surface area contributed by atoms with Crippen LogP contribution in [0.1, 0.15) is 50.2 Å². The van der Waals surface area contributed by atoms with Crippen LogP contribution in [0.5, 0.6) is 0 Å². The van der Waals surface area contributed by atoms with Gasteiger partial charge in [0.1, 0.15) is 5.69 Å². The van der Waals surface area contributed by atoms with Crippen molar-refractivity contribution in [2.24, 2.45) is 0 Å². The minimum Gasteiger partial charge on any atom is -0.339 e. The van der Waals surface area contributed by atoms with Gasteiger partial charge in [-0.1, -0.05) is 12.1 Å². The van der Waals surface area contributed by atoms with Gasteiger partial charge in [-0.15, -0.1) is 22.7 Å². The monoisotopic (exact) mass is 466 g/mol. The van der Waals surface area contributed by atoms with Gasteiger partial charge in [-0.3, -0.25) is 14.9 Å². The Morgan fingerprint density at radius 3 is 2.55 bits per heavy atom. The summed E-state index contributed by atoms with van der Waals surface area (Å²) in [7, 11) is 0. The third-order valence-electron chi connectivity index (χ3n) is 5.00. The van der Waals surface area contributed by atoms with E-state index >= 15 is 0 Å². The Bertz CT molecular complexity index is 1070. The van der Waals surface area contributed by atoms with Crippen LogP contribution in [0.25, 0.3) is 0 Å². The van der Waals surface area contributed by atoms with Gasteiger partial charge in [0.05, 0.1) is 16.1 Å². The van der Waals surface area contributed by atoms with Gasteiger partial charge in [0.25, 0.3) is 11.8 Å². The number of benzene rings is 1. The summed E-state index contributed by atoms with van der Waals surface area (Å²) in [6, 6.07) is 4.85. The Morgan fingerprint density at radius 1 is 1.13 bits per heavy atom. The molecule has 0 atom stereocenters. The molecule has 162 valence electrons. The zero-order valence-corrected chi connectivity index (χ0v) is 17.7. The molecule has 4 rings (SSSR count). The highest BCUT2D eigenvalue weighted by Gasteiger charge is 2.36. The van der Waals surface area contributed by atoms with Crippen LogP contribution in [0, 0.1) is 0 Å². The number of anilines is 1. The fourth-order valence-corrected chi connectivity index (χ4v) is 4.94. The second-order valence-electron chi connectivity index (χ2n) is 6.97. The molecule has 1 aromatic carbocycles. The first-order chi connectivity index (χ1) is 14.8. The van der Waals surface area contributed by atoms with Crippen molar-refractivity contribution in [2.45, 2.75) is 24.9 Å². The lowest BCUT2D eigenvalue weighted by Crippen LogP contribution is -2.38. The van der Waals surface area contributed by atoms with Crippen molar-refractivity contribution in [1.29, 1.82) is 0 Å². The summed E-state index contributed by atoms with van der Waals surface area (Å²) < 4.78 is 39.7.